The number of methoxy groups -OCH3 is 1. The molecule has 5 atom stereocenters. The zero-order chi connectivity index (χ0) is 15.5. The lowest BCUT2D eigenvalue weighted by atomic mass is 9.52. The zero-order valence-electron chi connectivity index (χ0n) is 13.6. The number of fused-ring (bicyclic) bond motifs is 5. The van der Waals surface area contributed by atoms with E-state index in [1.54, 1.807) is 7.11 Å². The van der Waals surface area contributed by atoms with Gasteiger partial charge in [-0.25, -0.2) is 0 Å². The van der Waals surface area contributed by atoms with Gasteiger partial charge in [0.15, 0.2) is 0 Å². The van der Waals surface area contributed by atoms with E-state index in [2.05, 4.69) is 25.1 Å². The summed E-state index contributed by atoms with van der Waals surface area (Å²) in [6, 6.07) is 6.63. The van der Waals surface area contributed by atoms with E-state index in [4.69, 9.17) is 10.5 Å². The summed E-state index contributed by atoms with van der Waals surface area (Å²) in [6.07, 6.45) is 6.14. The molecule has 1 aromatic rings. The Labute approximate surface area is 132 Å². The van der Waals surface area contributed by atoms with Crippen LogP contribution in [0.4, 0.5) is 0 Å². The highest BCUT2D eigenvalue weighted by Crippen LogP contribution is 2.62. The number of hydrogen-bond donors (Lipinski definition) is 2. The molecule has 2 saturated carbocycles. The monoisotopic (exact) mass is 301 g/mol. The van der Waals surface area contributed by atoms with Gasteiger partial charge < -0.3 is 15.6 Å². The number of rotatable bonds is 1. The van der Waals surface area contributed by atoms with Gasteiger partial charge in [0.2, 0.25) is 0 Å². The first-order valence-electron chi connectivity index (χ1n) is 8.64. The molecule has 3 heteroatoms. The Bertz CT molecular complexity index is 601. The second kappa shape index (κ2) is 4.72. The highest BCUT2D eigenvalue weighted by molar-refractivity contribution is 5.41. The lowest BCUT2D eigenvalue weighted by Gasteiger charge is -2.55. The van der Waals surface area contributed by atoms with Crippen LogP contribution in [0.3, 0.4) is 0 Å². The predicted octanol–water partition coefficient (Wildman–Crippen LogP) is 2.99. The van der Waals surface area contributed by atoms with Crippen molar-refractivity contribution in [2.75, 3.05) is 7.11 Å². The normalized spacial score (nSPS) is 43.2. The van der Waals surface area contributed by atoms with Crippen molar-refractivity contribution < 1.29 is 9.84 Å². The van der Waals surface area contributed by atoms with Gasteiger partial charge in [0.25, 0.3) is 0 Å². The molecule has 0 amide bonds. The number of hydrogen-bond acceptors (Lipinski definition) is 3. The molecule has 120 valence electrons. The zero-order valence-corrected chi connectivity index (χ0v) is 13.6. The van der Waals surface area contributed by atoms with Crippen molar-refractivity contribution >= 4 is 0 Å². The van der Waals surface area contributed by atoms with E-state index in [1.807, 2.05) is 0 Å². The average molecular weight is 301 g/mol. The second-order valence-corrected chi connectivity index (χ2v) is 7.84. The molecule has 4 rings (SSSR count). The molecule has 3 N–H and O–H groups in total. The van der Waals surface area contributed by atoms with Crippen LogP contribution >= 0.6 is 0 Å². The molecule has 0 radical (unpaired) electrons. The van der Waals surface area contributed by atoms with Gasteiger partial charge >= 0.3 is 0 Å². The van der Waals surface area contributed by atoms with E-state index in [1.165, 1.54) is 11.1 Å². The van der Waals surface area contributed by atoms with Gasteiger partial charge in [-0.3, -0.25) is 0 Å². The molecule has 1 aromatic carbocycles. The first kappa shape index (κ1) is 14.5. The summed E-state index contributed by atoms with van der Waals surface area (Å²) in [7, 11) is 1.72. The predicted molar refractivity (Wildman–Crippen MR) is 87.0 cm³/mol. The van der Waals surface area contributed by atoms with Gasteiger partial charge in [-0.1, -0.05) is 13.0 Å². The highest BCUT2D eigenvalue weighted by Gasteiger charge is 2.63. The molecule has 3 nitrogen and oxygen atoms in total. The van der Waals surface area contributed by atoms with Crippen LogP contribution in [0.25, 0.3) is 0 Å². The van der Waals surface area contributed by atoms with Crippen LogP contribution in [-0.4, -0.2) is 23.9 Å². The minimum atomic E-state index is -0.576. The van der Waals surface area contributed by atoms with Crippen LogP contribution in [0.5, 0.6) is 5.75 Å². The first-order valence-corrected chi connectivity index (χ1v) is 8.64. The van der Waals surface area contributed by atoms with Crippen LogP contribution in [0.1, 0.15) is 56.1 Å². The summed E-state index contributed by atoms with van der Waals surface area (Å²) in [4.78, 5) is 0. The number of aliphatic hydroxyl groups is 1. The summed E-state index contributed by atoms with van der Waals surface area (Å²) in [5.74, 6) is 1.79. The lowest BCUT2D eigenvalue weighted by molar-refractivity contribution is -0.141. The summed E-state index contributed by atoms with van der Waals surface area (Å²) >= 11 is 0. The maximum atomic E-state index is 11.6. The van der Waals surface area contributed by atoms with E-state index in [0.29, 0.717) is 11.8 Å². The van der Waals surface area contributed by atoms with E-state index >= 15 is 0 Å². The standard InChI is InChI=1S/C19H27NO2/c1-18-9-7-15-14-5-4-13(22-2)11-12(14)3-6-16(15)19(18,21)10-8-17(18)20/h4-5,11,15-17,21H,3,6-10,20H2,1-2H3/t15-,16-,17-,18-,19-/m1/s1. The van der Waals surface area contributed by atoms with Crippen LogP contribution in [-0.2, 0) is 6.42 Å². The third-order valence-electron chi connectivity index (χ3n) is 7.19. The quantitative estimate of drug-likeness (QED) is 0.838. The molecule has 0 aromatic heterocycles. The van der Waals surface area contributed by atoms with Gasteiger partial charge in [-0.15, -0.1) is 0 Å². The van der Waals surface area contributed by atoms with Crippen molar-refractivity contribution in [2.24, 2.45) is 17.1 Å². The summed E-state index contributed by atoms with van der Waals surface area (Å²) in [6.45, 7) is 2.23. The molecule has 3 aliphatic rings. The molecule has 22 heavy (non-hydrogen) atoms. The van der Waals surface area contributed by atoms with Crippen molar-refractivity contribution in [3.63, 3.8) is 0 Å². The molecule has 3 aliphatic carbocycles. The molecule has 0 bridgehead atoms. The van der Waals surface area contributed by atoms with Crippen LogP contribution in [0.15, 0.2) is 18.2 Å². The molecular weight excluding hydrogens is 274 g/mol. The van der Waals surface area contributed by atoms with Crippen molar-refractivity contribution in [1.29, 1.82) is 0 Å². The minimum Gasteiger partial charge on any atom is -0.497 e. The van der Waals surface area contributed by atoms with Crippen molar-refractivity contribution in [2.45, 2.75) is 63.0 Å². The Morgan fingerprint density at radius 3 is 2.82 bits per heavy atom. The summed E-state index contributed by atoms with van der Waals surface area (Å²) in [5, 5.41) is 11.6. The lowest BCUT2D eigenvalue weighted by Crippen LogP contribution is -2.59. The first-order chi connectivity index (χ1) is 10.5. The van der Waals surface area contributed by atoms with Gasteiger partial charge in [0.1, 0.15) is 5.75 Å². The van der Waals surface area contributed by atoms with Crippen molar-refractivity contribution in [3.05, 3.63) is 29.3 Å². The molecule has 0 saturated heterocycles. The Balaban J connectivity index is 1.74. The van der Waals surface area contributed by atoms with Crippen LogP contribution < -0.4 is 10.5 Å². The number of aryl methyl sites for hydroxylation is 1. The Morgan fingerprint density at radius 2 is 2.05 bits per heavy atom. The molecule has 0 spiro atoms. The van der Waals surface area contributed by atoms with Gasteiger partial charge in [-0.2, -0.15) is 0 Å². The van der Waals surface area contributed by atoms with Gasteiger partial charge in [0.05, 0.1) is 12.7 Å². The second-order valence-electron chi connectivity index (χ2n) is 7.84. The highest BCUT2D eigenvalue weighted by atomic mass is 16.5. The fourth-order valence-electron chi connectivity index (χ4n) is 5.71. The van der Waals surface area contributed by atoms with Gasteiger partial charge in [0, 0.05) is 11.5 Å². The van der Waals surface area contributed by atoms with Crippen LogP contribution in [0.2, 0.25) is 0 Å². The topological polar surface area (TPSA) is 55.5 Å². The Kier molecular flexibility index (Phi) is 3.11. The third-order valence-corrected chi connectivity index (χ3v) is 7.19. The largest absolute Gasteiger partial charge is 0.497 e. The number of benzene rings is 1. The summed E-state index contributed by atoms with van der Waals surface area (Å²) < 4.78 is 5.37. The average Bonchev–Trinajstić information content (AvgIpc) is 2.78. The molecule has 0 aliphatic heterocycles. The molecular formula is C19H27NO2. The fourth-order valence-corrected chi connectivity index (χ4v) is 5.71. The van der Waals surface area contributed by atoms with Gasteiger partial charge in [-0.05, 0) is 73.6 Å². The van der Waals surface area contributed by atoms with E-state index < -0.39 is 5.60 Å². The third kappa shape index (κ3) is 1.70. The SMILES string of the molecule is COc1ccc2c(c1)CC[C@@H]1[C@@H]2CC[C@]2(C)[C@H](N)CC[C@@]12O. The fraction of sp³-hybridized carbons (Fsp3) is 0.684. The minimum absolute atomic E-state index is 0.0991. The Hall–Kier alpha value is -1.06. The van der Waals surface area contributed by atoms with Crippen molar-refractivity contribution in [3.8, 4) is 5.75 Å². The van der Waals surface area contributed by atoms with Crippen LogP contribution in [0, 0.1) is 11.3 Å². The molecule has 0 heterocycles. The van der Waals surface area contributed by atoms with E-state index in [0.717, 1.165) is 44.3 Å². The molecule has 2 fully saturated rings. The number of ether oxygens (including phenoxy) is 1. The maximum absolute atomic E-state index is 11.6. The molecule has 0 unspecified atom stereocenters. The van der Waals surface area contributed by atoms with E-state index in [-0.39, 0.29) is 11.5 Å². The summed E-state index contributed by atoms with van der Waals surface area (Å²) in [5.41, 5.74) is 8.56. The Morgan fingerprint density at radius 1 is 1.23 bits per heavy atom. The number of nitrogens with two attached hydrogens (primary N) is 1. The van der Waals surface area contributed by atoms with E-state index in [9.17, 15) is 5.11 Å². The van der Waals surface area contributed by atoms with Crippen molar-refractivity contribution in [1.82, 2.24) is 0 Å². The smallest absolute Gasteiger partial charge is 0.119 e. The maximum Gasteiger partial charge on any atom is 0.119 e.